The number of aromatic nitrogens is 2. The van der Waals surface area contributed by atoms with E-state index in [1.807, 2.05) is 0 Å². The van der Waals surface area contributed by atoms with E-state index < -0.39 is 10.7 Å². The summed E-state index contributed by atoms with van der Waals surface area (Å²) in [6.07, 6.45) is 4.34. The van der Waals surface area contributed by atoms with Gasteiger partial charge in [0.2, 0.25) is 0 Å². The normalized spacial score (nSPS) is 9.92. The van der Waals surface area contributed by atoms with Gasteiger partial charge in [-0.1, -0.05) is 23.2 Å². The summed E-state index contributed by atoms with van der Waals surface area (Å²) < 4.78 is 0. The van der Waals surface area contributed by atoms with Gasteiger partial charge in [-0.3, -0.25) is 9.78 Å². The summed E-state index contributed by atoms with van der Waals surface area (Å²) in [6, 6.07) is 0. The largest absolute Gasteiger partial charge is 0.307 e. The first-order chi connectivity index (χ1) is 5.70. The van der Waals surface area contributed by atoms with Crippen LogP contribution in [0, 0.1) is 0 Å². The molecule has 1 heterocycles. The Morgan fingerprint density at radius 2 is 2.25 bits per heavy atom. The molecule has 0 atom stereocenters. The standard InChI is InChI=1S/C6H5Cl2N3O/c7-5(8)6(12)11-4-3-9-1-2-10-4/h1-3,5H,(H,10,11,12). The summed E-state index contributed by atoms with van der Waals surface area (Å²) in [7, 11) is 0. The Balaban J connectivity index is 2.59. The molecule has 0 aliphatic rings. The Labute approximate surface area is 78.9 Å². The molecule has 0 aliphatic carbocycles. The Bertz CT molecular complexity index is 265. The summed E-state index contributed by atoms with van der Waals surface area (Å²) in [5, 5.41) is 2.36. The first kappa shape index (κ1) is 9.22. The molecule has 64 valence electrons. The van der Waals surface area contributed by atoms with Gasteiger partial charge in [0.15, 0.2) is 10.7 Å². The third-order valence-corrected chi connectivity index (χ3v) is 1.41. The van der Waals surface area contributed by atoms with Crippen molar-refractivity contribution in [2.24, 2.45) is 0 Å². The van der Waals surface area contributed by atoms with E-state index >= 15 is 0 Å². The molecule has 1 rings (SSSR count). The van der Waals surface area contributed by atoms with E-state index in [-0.39, 0.29) is 0 Å². The number of rotatable bonds is 2. The predicted octanol–water partition coefficient (Wildman–Crippen LogP) is 1.22. The molecule has 0 spiro atoms. The van der Waals surface area contributed by atoms with Gasteiger partial charge >= 0.3 is 0 Å². The van der Waals surface area contributed by atoms with Gasteiger partial charge in [0.25, 0.3) is 5.91 Å². The number of nitrogens with zero attached hydrogens (tertiary/aromatic N) is 2. The van der Waals surface area contributed by atoms with Crippen LogP contribution in [-0.4, -0.2) is 20.7 Å². The Kier molecular flexibility index (Phi) is 3.25. The highest BCUT2D eigenvalue weighted by atomic mass is 35.5. The zero-order chi connectivity index (χ0) is 8.97. The minimum absolute atomic E-state index is 0.328. The topological polar surface area (TPSA) is 54.9 Å². The molecule has 1 aromatic heterocycles. The van der Waals surface area contributed by atoms with Crippen molar-refractivity contribution in [3.63, 3.8) is 0 Å². The fourth-order valence-corrected chi connectivity index (χ4v) is 0.654. The van der Waals surface area contributed by atoms with E-state index in [2.05, 4.69) is 15.3 Å². The fourth-order valence-electron chi connectivity index (χ4n) is 0.544. The molecule has 0 unspecified atom stereocenters. The SMILES string of the molecule is O=C(Nc1cnccn1)C(Cl)Cl. The van der Waals surface area contributed by atoms with Gasteiger partial charge in [-0.2, -0.15) is 0 Å². The van der Waals surface area contributed by atoms with Crippen LogP contribution < -0.4 is 5.32 Å². The van der Waals surface area contributed by atoms with Gasteiger partial charge in [0.1, 0.15) is 0 Å². The highest BCUT2D eigenvalue weighted by Crippen LogP contribution is 2.05. The summed E-state index contributed by atoms with van der Waals surface area (Å²) in [5.74, 6) is -0.187. The Hall–Kier alpha value is -0.870. The van der Waals surface area contributed by atoms with Crippen LogP contribution in [0.25, 0.3) is 0 Å². The summed E-state index contributed by atoms with van der Waals surface area (Å²) in [4.78, 5) is 17.3. The van der Waals surface area contributed by atoms with Crippen LogP contribution in [0.4, 0.5) is 5.82 Å². The number of nitrogens with one attached hydrogen (secondary N) is 1. The number of carbonyl (C=O) groups is 1. The molecule has 0 saturated carbocycles. The maximum atomic E-state index is 10.9. The van der Waals surface area contributed by atoms with Crippen molar-refractivity contribution in [1.29, 1.82) is 0 Å². The number of carbonyl (C=O) groups excluding carboxylic acids is 1. The molecular formula is C6H5Cl2N3O. The quantitative estimate of drug-likeness (QED) is 0.740. The van der Waals surface area contributed by atoms with E-state index in [0.717, 1.165) is 0 Å². The molecular weight excluding hydrogens is 201 g/mol. The first-order valence-electron chi connectivity index (χ1n) is 3.05. The van der Waals surface area contributed by atoms with Gasteiger partial charge in [0, 0.05) is 12.4 Å². The minimum Gasteiger partial charge on any atom is -0.307 e. The third-order valence-electron chi connectivity index (χ3n) is 1.01. The van der Waals surface area contributed by atoms with Crippen molar-refractivity contribution in [3.8, 4) is 0 Å². The zero-order valence-corrected chi connectivity index (χ0v) is 7.38. The Morgan fingerprint density at radius 1 is 1.50 bits per heavy atom. The number of hydrogen-bond acceptors (Lipinski definition) is 3. The second kappa shape index (κ2) is 4.23. The van der Waals surface area contributed by atoms with E-state index in [1.54, 1.807) is 0 Å². The average molecular weight is 206 g/mol. The van der Waals surface area contributed by atoms with Crippen LogP contribution in [0.2, 0.25) is 0 Å². The lowest BCUT2D eigenvalue weighted by Crippen LogP contribution is -2.19. The van der Waals surface area contributed by atoms with Gasteiger partial charge in [0.05, 0.1) is 6.20 Å². The van der Waals surface area contributed by atoms with Gasteiger partial charge in [-0.05, 0) is 0 Å². The molecule has 0 saturated heterocycles. The lowest BCUT2D eigenvalue weighted by molar-refractivity contribution is -0.114. The zero-order valence-electron chi connectivity index (χ0n) is 5.87. The first-order valence-corrected chi connectivity index (χ1v) is 3.92. The fraction of sp³-hybridized carbons (Fsp3) is 0.167. The van der Waals surface area contributed by atoms with Gasteiger partial charge in [-0.25, -0.2) is 4.98 Å². The van der Waals surface area contributed by atoms with Crippen molar-refractivity contribution in [2.75, 3.05) is 5.32 Å². The molecule has 6 heteroatoms. The molecule has 12 heavy (non-hydrogen) atoms. The number of halogens is 2. The molecule has 1 aromatic rings. The summed E-state index contributed by atoms with van der Waals surface area (Å²) in [6.45, 7) is 0. The van der Waals surface area contributed by atoms with Crippen LogP contribution >= 0.6 is 23.2 Å². The molecule has 0 aromatic carbocycles. The van der Waals surface area contributed by atoms with Crippen LogP contribution in [0.1, 0.15) is 0 Å². The average Bonchev–Trinajstić information content (AvgIpc) is 2.06. The third kappa shape index (κ3) is 2.64. The smallest absolute Gasteiger partial charge is 0.258 e. The monoisotopic (exact) mass is 205 g/mol. The van der Waals surface area contributed by atoms with Crippen molar-refractivity contribution in [3.05, 3.63) is 18.6 Å². The number of anilines is 1. The summed E-state index contributed by atoms with van der Waals surface area (Å²) in [5.41, 5.74) is 0. The van der Waals surface area contributed by atoms with E-state index in [0.29, 0.717) is 5.82 Å². The molecule has 0 aliphatic heterocycles. The molecule has 4 nitrogen and oxygen atoms in total. The van der Waals surface area contributed by atoms with Crippen LogP contribution in [0.3, 0.4) is 0 Å². The number of alkyl halides is 2. The molecule has 1 amide bonds. The van der Waals surface area contributed by atoms with Crippen molar-refractivity contribution in [2.45, 2.75) is 4.84 Å². The maximum absolute atomic E-state index is 10.9. The van der Waals surface area contributed by atoms with Crippen molar-refractivity contribution < 1.29 is 4.79 Å². The molecule has 0 fully saturated rings. The van der Waals surface area contributed by atoms with Crippen LogP contribution in [0.5, 0.6) is 0 Å². The second-order valence-corrected chi connectivity index (χ2v) is 2.98. The number of amides is 1. The van der Waals surface area contributed by atoms with Gasteiger partial charge in [-0.15, -0.1) is 0 Å². The maximum Gasteiger partial charge on any atom is 0.258 e. The number of hydrogen-bond donors (Lipinski definition) is 1. The molecule has 0 bridgehead atoms. The second-order valence-electron chi connectivity index (χ2n) is 1.88. The lowest BCUT2D eigenvalue weighted by atomic mass is 10.6. The molecule has 0 radical (unpaired) electrons. The Morgan fingerprint density at radius 3 is 2.75 bits per heavy atom. The molecule has 1 N–H and O–H groups in total. The summed E-state index contributed by atoms with van der Waals surface area (Å²) >= 11 is 10.6. The van der Waals surface area contributed by atoms with Crippen molar-refractivity contribution in [1.82, 2.24) is 9.97 Å². The lowest BCUT2D eigenvalue weighted by Gasteiger charge is -2.02. The minimum atomic E-state index is -1.09. The highest BCUT2D eigenvalue weighted by Gasteiger charge is 2.11. The predicted molar refractivity (Wildman–Crippen MR) is 46.2 cm³/mol. The van der Waals surface area contributed by atoms with Crippen molar-refractivity contribution >= 4 is 34.9 Å². The highest BCUT2D eigenvalue weighted by molar-refractivity contribution is 6.54. The van der Waals surface area contributed by atoms with Gasteiger partial charge < -0.3 is 5.32 Å². The van der Waals surface area contributed by atoms with E-state index in [9.17, 15) is 4.79 Å². The van der Waals surface area contributed by atoms with Crippen LogP contribution in [0.15, 0.2) is 18.6 Å². The van der Waals surface area contributed by atoms with Crippen LogP contribution in [-0.2, 0) is 4.79 Å². The van der Waals surface area contributed by atoms with E-state index in [1.165, 1.54) is 18.6 Å². The van der Waals surface area contributed by atoms with E-state index in [4.69, 9.17) is 23.2 Å².